The van der Waals surface area contributed by atoms with E-state index in [-0.39, 0.29) is 12.7 Å². The molecule has 9 heteroatoms. The van der Waals surface area contributed by atoms with Crippen molar-refractivity contribution in [3.63, 3.8) is 0 Å². The summed E-state index contributed by atoms with van der Waals surface area (Å²) in [6.07, 6.45) is -4.80. The number of esters is 1. The second-order valence-corrected chi connectivity index (χ2v) is 4.09. The van der Waals surface area contributed by atoms with Crippen LogP contribution in [-0.2, 0) is 15.7 Å². The molecular weight excluding hydrogens is 301 g/mol. The Labute approximate surface area is 116 Å². The zero-order valence-corrected chi connectivity index (χ0v) is 10.7. The summed E-state index contributed by atoms with van der Waals surface area (Å²) in [5.41, 5.74) is 2.97. The quantitative estimate of drug-likeness (QED) is 0.662. The van der Waals surface area contributed by atoms with E-state index in [0.29, 0.717) is 12.1 Å². The van der Waals surface area contributed by atoms with E-state index in [0.717, 1.165) is 0 Å². The zero-order chi connectivity index (χ0) is 16.4. The Hall–Kier alpha value is -1.90. The highest BCUT2D eigenvalue weighted by molar-refractivity contribution is 5.79. The minimum atomic E-state index is -4.80. The third kappa shape index (κ3) is 3.60. The first-order valence-corrected chi connectivity index (χ1v) is 5.72. The summed E-state index contributed by atoms with van der Waals surface area (Å²) in [6, 6.07) is -1.11. The highest BCUT2D eigenvalue weighted by Crippen LogP contribution is 2.38. The molecule has 0 bridgehead atoms. The number of halogens is 5. The number of phenols is 1. The number of nitrogens with two attached hydrogens (primary N) is 1. The molecule has 21 heavy (non-hydrogen) atoms. The van der Waals surface area contributed by atoms with Crippen LogP contribution in [-0.4, -0.2) is 23.6 Å². The molecule has 0 aliphatic rings. The number of alkyl halides is 5. The summed E-state index contributed by atoms with van der Waals surface area (Å²) in [5, 5.41) is 9.41. The van der Waals surface area contributed by atoms with E-state index >= 15 is 0 Å². The van der Waals surface area contributed by atoms with Crippen molar-refractivity contribution < 1.29 is 36.6 Å². The van der Waals surface area contributed by atoms with Crippen molar-refractivity contribution in [2.75, 3.05) is 6.61 Å². The molecule has 0 fully saturated rings. The van der Waals surface area contributed by atoms with Crippen molar-refractivity contribution in [2.45, 2.75) is 25.1 Å². The molecule has 0 radical (unpaired) electrons. The van der Waals surface area contributed by atoms with Crippen LogP contribution in [0, 0.1) is 0 Å². The van der Waals surface area contributed by atoms with Crippen molar-refractivity contribution >= 4 is 5.97 Å². The lowest BCUT2D eigenvalue weighted by molar-refractivity contribution is -0.174. The largest absolute Gasteiger partial charge is 0.508 e. The van der Waals surface area contributed by atoms with Gasteiger partial charge in [0.1, 0.15) is 11.8 Å². The van der Waals surface area contributed by atoms with Crippen LogP contribution < -0.4 is 5.73 Å². The number of hydrogen-bond acceptors (Lipinski definition) is 4. The SMILES string of the molecule is CCOC(=O)C(F)(F)[C@@H](N)c1cc(C(F)(F)F)ccc1O. The van der Waals surface area contributed by atoms with Gasteiger partial charge < -0.3 is 15.6 Å². The van der Waals surface area contributed by atoms with Gasteiger partial charge in [-0.15, -0.1) is 0 Å². The predicted octanol–water partition coefficient (Wildman–Crippen LogP) is 2.61. The van der Waals surface area contributed by atoms with Gasteiger partial charge >= 0.3 is 18.1 Å². The maximum Gasteiger partial charge on any atom is 0.416 e. The van der Waals surface area contributed by atoms with Crippen LogP contribution in [0.25, 0.3) is 0 Å². The Morgan fingerprint density at radius 1 is 1.33 bits per heavy atom. The molecule has 0 aliphatic carbocycles. The van der Waals surface area contributed by atoms with Gasteiger partial charge in [0.2, 0.25) is 0 Å². The van der Waals surface area contributed by atoms with E-state index in [1.807, 2.05) is 0 Å². The van der Waals surface area contributed by atoms with Crippen molar-refractivity contribution in [1.29, 1.82) is 0 Å². The maximum atomic E-state index is 13.7. The molecular formula is C12H12F5NO3. The van der Waals surface area contributed by atoms with Crippen LogP contribution in [0.2, 0.25) is 0 Å². The fraction of sp³-hybridized carbons (Fsp3) is 0.417. The minimum Gasteiger partial charge on any atom is -0.508 e. The maximum absolute atomic E-state index is 13.7. The Bertz CT molecular complexity index is 530. The van der Waals surface area contributed by atoms with E-state index in [4.69, 9.17) is 5.73 Å². The van der Waals surface area contributed by atoms with Crippen LogP contribution in [0.15, 0.2) is 18.2 Å². The van der Waals surface area contributed by atoms with E-state index in [9.17, 15) is 31.9 Å². The molecule has 0 aromatic heterocycles. The fourth-order valence-electron chi connectivity index (χ4n) is 1.53. The Balaban J connectivity index is 3.23. The second-order valence-electron chi connectivity index (χ2n) is 4.09. The molecule has 0 spiro atoms. The zero-order valence-electron chi connectivity index (χ0n) is 10.7. The van der Waals surface area contributed by atoms with Gasteiger partial charge in [-0.1, -0.05) is 0 Å². The molecule has 4 nitrogen and oxygen atoms in total. The first-order chi connectivity index (χ1) is 9.51. The van der Waals surface area contributed by atoms with E-state index in [1.165, 1.54) is 6.92 Å². The van der Waals surface area contributed by atoms with Crippen LogP contribution in [0.3, 0.4) is 0 Å². The number of hydrogen-bond donors (Lipinski definition) is 2. The lowest BCUT2D eigenvalue weighted by Gasteiger charge is -2.23. The van der Waals surface area contributed by atoms with Crippen molar-refractivity contribution in [3.05, 3.63) is 29.3 Å². The molecule has 1 rings (SSSR count). The van der Waals surface area contributed by atoms with Gasteiger partial charge in [0.15, 0.2) is 0 Å². The summed E-state index contributed by atoms with van der Waals surface area (Å²) < 4.78 is 69.1. The summed E-state index contributed by atoms with van der Waals surface area (Å²) in [5.74, 6) is -7.13. The van der Waals surface area contributed by atoms with Gasteiger partial charge in [0.05, 0.1) is 12.2 Å². The third-order valence-corrected chi connectivity index (χ3v) is 2.63. The van der Waals surface area contributed by atoms with Crippen LogP contribution in [0.5, 0.6) is 5.75 Å². The molecule has 1 atom stereocenters. The number of phenolic OH excluding ortho intramolecular Hbond substituents is 1. The van der Waals surface area contributed by atoms with Gasteiger partial charge in [-0.05, 0) is 25.1 Å². The highest BCUT2D eigenvalue weighted by atomic mass is 19.4. The number of carbonyl (C=O) groups excluding carboxylic acids is 1. The minimum absolute atomic E-state index is 0.271. The Morgan fingerprint density at radius 3 is 2.38 bits per heavy atom. The molecule has 1 aromatic rings. The molecule has 0 amide bonds. The average Bonchev–Trinajstić information content (AvgIpc) is 2.37. The van der Waals surface area contributed by atoms with E-state index in [2.05, 4.69) is 4.74 Å². The molecule has 3 N–H and O–H groups in total. The number of aromatic hydroxyl groups is 1. The molecule has 0 aliphatic heterocycles. The first-order valence-electron chi connectivity index (χ1n) is 5.72. The van der Waals surface area contributed by atoms with Crippen molar-refractivity contribution in [1.82, 2.24) is 0 Å². The summed E-state index contributed by atoms with van der Waals surface area (Å²) in [4.78, 5) is 11.1. The van der Waals surface area contributed by atoms with Gasteiger partial charge in [-0.2, -0.15) is 22.0 Å². The predicted molar refractivity (Wildman–Crippen MR) is 61.6 cm³/mol. The Morgan fingerprint density at radius 2 is 1.90 bits per heavy atom. The number of benzene rings is 1. The number of carbonyl (C=O) groups is 1. The summed E-state index contributed by atoms with van der Waals surface area (Å²) in [7, 11) is 0. The average molecular weight is 313 g/mol. The molecule has 0 heterocycles. The van der Waals surface area contributed by atoms with Crippen LogP contribution in [0.4, 0.5) is 22.0 Å². The molecule has 1 aromatic carbocycles. The molecule has 0 saturated heterocycles. The highest BCUT2D eigenvalue weighted by Gasteiger charge is 2.49. The van der Waals surface area contributed by atoms with Gasteiger partial charge in [0.25, 0.3) is 0 Å². The van der Waals surface area contributed by atoms with Crippen LogP contribution >= 0.6 is 0 Å². The molecule has 0 saturated carbocycles. The fourth-order valence-corrected chi connectivity index (χ4v) is 1.53. The van der Waals surface area contributed by atoms with E-state index in [1.54, 1.807) is 0 Å². The summed E-state index contributed by atoms with van der Waals surface area (Å²) >= 11 is 0. The standard InChI is InChI=1S/C12H12F5NO3/c1-2-21-10(20)11(13,14)9(18)7-5-6(12(15,16)17)3-4-8(7)19/h3-5,9,19H,2,18H2,1H3/t9-/m0/s1. The van der Waals surface area contributed by atoms with Crippen LogP contribution in [0.1, 0.15) is 24.1 Å². The van der Waals surface area contributed by atoms with Gasteiger partial charge in [-0.25, -0.2) is 4.79 Å². The number of rotatable bonds is 4. The van der Waals surface area contributed by atoms with Crippen molar-refractivity contribution in [2.24, 2.45) is 5.73 Å². The molecule has 0 unspecified atom stereocenters. The lowest BCUT2D eigenvalue weighted by atomic mass is 9.98. The third-order valence-electron chi connectivity index (χ3n) is 2.63. The first kappa shape index (κ1) is 17.2. The second kappa shape index (κ2) is 5.84. The summed E-state index contributed by atoms with van der Waals surface area (Å²) in [6.45, 7) is 0.928. The normalized spacial score (nSPS) is 13.9. The molecule has 118 valence electrons. The lowest BCUT2D eigenvalue weighted by Crippen LogP contribution is -2.41. The Kier molecular flexibility index (Phi) is 4.77. The monoisotopic (exact) mass is 313 g/mol. The van der Waals surface area contributed by atoms with Crippen molar-refractivity contribution in [3.8, 4) is 5.75 Å². The van der Waals surface area contributed by atoms with Gasteiger partial charge in [0, 0.05) is 5.56 Å². The van der Waals surface area contributed by atoms with Gasteiger partial charge in [-0.3, -0.25) is 0 Å². The number of ether oxygens (including phenoxy) is 1. The smallest absolute Gasteiger partial charge is 0.416 e. The topological polar surface area (TPSA) is 72.5 Å². The van der Waals surface area contributed by atoms with E-state index < -0.39 is 41.0 Å².